The van der Waals surface area contributed by atoms with Gasteiger partial charge in [-0.2, -0.15) is 0 Å². The van der Waals surface area contributed by atoms with Gasteiger partial charge in [0.15, 0.2) is 5.96 Å². The minimum atomic E-state index is 0.608. The molecule has 1 aromatic heterocycles. The van der Waals surface area contributed by atoms with E-state index in [1.165, 1.54) is 10.4 Å². The van der Waals surface area contributed by atoms with Crippen LogP contribution in [0.1, 0.15) is 15.4 Å². The fourth-order valence-electron chi connectivity index (χ4n) is 2.06. The zero-order valence-electron chi connectivity index (χ0n) is 14.2. The average Bonchev–Trinajstić information content (AvgIpc) is 2.95. The third-order valence-electron chi connectivity index (χ3n) is 3.36. The van der Waals surface area contributed by atoms with Gasteiger partial charge in [-0.1, -0.05) is 17.7 Å². The molecular formula is C17H24N4OS. The van der Waals surface area contributed by atoms with Gasteiger partial charge in [-0.3, -0.25) is 4.99 Å². The van der Waals surface area contributed by atoms with E-state index in [-0.39, 0.29) is 0 Å². The third-order valence-corrected chi connectivity index (χ3v) is 4.27. The van der Waals surface area contributed by atoms with Gasteiger partial charge in [0, 0.05) is 25.2 Å². The lowest BCUT2D eigenvalue weighted by Crippen LogP contribution is -2.40. The maximum absolute atomic E-state index is 5.76. The molecule has 1 N–H and O–H groups in total. The van der Waals surface area contributed by atoms with Crippen molar-refractivity contribution in [1.29, 1.82) is 0 Å². The van der Waals surface area contributed by atoms with Gasteiger partial charge in [0.2, 0.25) is 0 Å². The van der Waals surface area contributed by atoms with E-state index in [4.69, 9.17) is 4.74 Å². The number of hydrogen-bond acceptors (Lipinski definition) is 4. The van der Waals surface area contributed by atoms with E-state index in [2.05, 4.69) is 46.2 Å². The number of aryl methyl sites for hydroxylation is 2. The number of nitrogens with one attached hydrogen (secondary N) is 1. The van der Waals surface area contributed by atoms with Gasteiger partial charge in [-0.05, 0) is 26.0 Å². The highest BCUT2D eigenvalue weighted by Gasteiger charge is 2.07. The smallest absolute Gasteiger partial charge is 0.193 e. The minimum Gasteiger partial charge on any atom is -0.492 e. The van der Waals surface area contributed by atoms with E-state index < -0.39 is 0 Å². The monoisotopic (exact) mass is 332 g/mol. The van der Waals surface area contributed by atoms with E-state index in [9.17, 15) is 0 Å². The molecule has 0 saturated heterocycles. The predicted octanol–water partition coefficient (Wildman–Crippen LogP) is 2.85. The molecule has 1 heterocycles. The summed E-state index contributed by atoms with van der Waals surface area (Å²) in [6, 6.07) is 8.09. The Kier molecular flexibility index (Phi) is 6.40. The molecule has 0 fully saturated rings. The van der Waals surface area contributed by atoms with Crippen LogP contribution < -0.4 is 10.1 Å². The number of ether oxygens (including phenoxy) is 1. The Morgan fingerprint density at radius 1 is 1.30 bits per heavy atom. The second kappa shape index (κ2) is 8.53. The largest absolute Gasteiger partial charge is 0.492 e. The molecule has 23 heavy (non-hydrogen) atoms. The molecule has 2 aromatic rings. The third kappa shape index (κ3) is 5.56. The molecule has 0 unspecified atom stereocenters. The van der Waals surface area contributed by atoms with Gasteiger partial charge in [0.1, 0.15) is 17.4 Å². The lowest BCUT2D eigenvalue weighted by atomic mass is 10.2. The first kappa shape index (κ1) is 17.3. The summed E-state index contributed by atoms with van der Waals surface area (Å²) in [6.07, 6.45) is 1.89. The van der Waals surface area contributed by atoms with Gasteiger partial charge in [0.25, 0.3) is 0 Å². The molecule has 6 heteroatoms. The number of benzene rings is 1. The van der Waals surface area contributed by atoms with Crippen LogP contribution in [0.4, 0.5) is 0 Å². The molecular weight excluding hydrogens is 308 g/mol. The predicted molar refractivity (Wildman–Crippen MR) is 96.4 cm³/mol. The zero-order chi connectivity index (χ0) is 16.7. The van der Waals surface area contributed by atoms with Crippen LogP contribution in [-0.4, -0.2) is 43.1 Å². The molecule has 0 amide bonds. The number of guanidine groups is 1. The average molecular weight is 332 g/mol. The highest BCUT2D eigenvalue weighted by atomic mass is 32.1. The summed E-state index contributed by atoms with van der Waals surface area (Å²) in [4.78, 5) is 11.9. The van der Waals surface area contributed by atoms with Crippen molar-refractivity contribution in [1.82, 2.24) is 15.2 Å². The second-order valence-electron chi connectivity index (χ2n) is 5.35. The number of aromatic nitrogens is 1. The molecule has 0 atom stereocenters. The fraction of sp³-hybridized carbons (Fsp3) is 0.412. The maximum atomic E-state index is 5.76. The van der Waals surface area contributed by atoms with Gasteiger partial charge in [-0.25, -0.2) is 4.98 Å². The first-order valence-electron chi connectivity index (χ1n) is 7.61. The molecule has 0 radical (unpaired) electrons. The summed E-state index contributed by atoms with van der Waals surface area (Å²) in [5.74, 6) is 1.73. The molecule has 0 aliphatic heterocycles. The van der Waals surface area contributed by atoms with Crippen LogP contribution in [0.15, 0.2) is 35.5 Å². The van der Waals surface area contributed by atoms with Crippen molar-refractivity contribution in [2.45, 2.75) is 20.4 Å². The molecule has 5 nitrogen and oxygen atoms in total. The Morgan fingerprint density at radius 2 is 2.04 bits per heavy atom. The number of likely N-dealkylation sites (N-methyl/N-ethyl adjacent to an activating group) is 1. The summed E-state index contributed by atoms with van der Waals surface area (Å²) < 4.78 is 5.76. The topological polar surface area (TPSA) is 49.8 Å². The van der Waals surface area contributed by atoms with Crippen molar-refractivity contribution >= 4 is 17.3 Å². The van der Waals surface area contributed by atoms with Crippen molar-refractivity contribution in [3.63, 3.8) is 0 Å². The van der Waals surface area contributed by atoms with Gasteiger partial charge in [-0.15, -0.1) is 11.3 Å². The summed E-state index contributed by atoms with van der Waals surface area (Å²) >= 11 is 1.70. The number of aliphatic imine (C=N–C) groups is 1. The molecule has 0 aliphatic carbocycles. The quantitative estimate of drug-likeness (QED) is 0.653. The first-order chi connectivity index (χ1) is 11.1. The SMILES string of the molecule is CN=C(NCc1ncc(C)s1)N(C)CCOc1ccc(C)cc1. The summed E-state index contributed by atoms with van der Waals surface area (Å²) in [7, 11) is 3.79. The molecule has 0 spiro atoms. The van der Waals surface area contributed by atoms with Crippen molar-refractivity contribution in [2.24, 2.45) is 4.99 Å². The van der Waals surface area contributed by atoms with Crippen molar-refractivity contribution in [3.8, 4) is 5.75 Å². The number of nitrogens with zero attached hydrogens (tertiary/aromatic N) is 3. The lowest BCUT2D eigenvalue weighted by Gasteiger charge is -2.21. The van der Waals surface area contributed by atoms with Crippen LogP contribution in [0.25, 0.3) is 0 Å². The van der Waals surface area contributed by atoms with Crippen LogP contribution in [-0.2, 0) is 6.54 Å². The molecule has 124 valence electrons. The second-order valence-corrected chi connectivity index (χ2v) is 6.67. The van der Waals surface area contributed by atoms with E-state index in [0.717, 1.165) is 23.3 Å². The Hall–Kier alpha value is -2.08. The number of hydrogen-bond donors (Lipinski definition) is 1. The molecule has 1 aromatic carbocycles. The van der Waals surface area contributed by atoms with Crippen LogP contribution in [0.5, 0.6) is 5.75 Å². The number of rotatable bonds is 6. The summed E-state index contributed by atoms with van der Waals surface area (Å²) in [5, 5.41) is 4.39. The van der Waals surface area contributed by atoms with E-state index >= 15 is 0 Å². The van der Waals surface area contributed by atoms with Crippen LogP contribution in [0.3, 0.4) is 0 Å². The van der Waals surface area contributed by atoms with Crippen molar-refractivity contribution < 1.29 is 4.74 Å². The Morgan fingerprint density at radius 3 is 2.65 bits per heavy atom. The van der Waals surface area contributed by atoms with Gasteiger partial charge < -0.3 is 15.0 Å². The fourth-order valence-corrected chi connectivity index (χ4v) is 2.79. The molecule has 0 bridgehead atoms. The minimum absolute atomic E-state index is 0.608. The first-order valence-corrected chi connectivity index (χ1v) is 8.42. The normalized spacial score (nSPS) is 11.4. The van der Waals surface area contributed by atoms with Crippen LogP contribution in [0, 0.1) is 13.8 Å². The molecule has 0 aliphatic rings. The van der Waals surface area contributed by atoms with Crippen molar-refractivity contribution in [3.05, 3.63) is 45.9 Å². The highest BCUT2D eigenvalue weighted by Crippen LogP contribution is 2.12. The van der Waals surface area contributed by atoms with Gasteiger partial charge >= 0.3 is 0 Å². The maximum Gasteiger partial charge on any atom is 0.193 e. The molecule has 0 saturated carbocycles. The Balaban J connectivity index is 1.76. The van der Waals surface area contributed by atoms with Gasteiger partial charge in [0.05, 0.1) is 13.1 Å². The standard InChI is InChI=1S/C17H24N4OS/c1-13-5-7-15(8-6-13)22-10-9-21(4)17(18-3)20-12-16-19-11-14(2)23-16/h5-8,11H,9-10,12H2,1-4H3,(H,18,20). The van der Waals surface area contributed by atoms with E-state index in [1.54, 1.807) is 18.4 Å². The van der Waals surface area contributed by atoms with Crippen LogP contribution >= 0.6 is 11.3 Å². The lowest BCUT2D eigenvalue weighted by molar-refractivity contribution is 0.281. The zero-order valence-corrected chi connectivity index (χ0v) is 15.0. The Bertz CT molecular complexity index is 636. The summed E-state index contributed by atoms with van der Waals surface area (Å²) in [5.41, 5.74) is 1.23. The number of thiazole rings is 1. The Labute approximate surface area is 142 Å². The molecule has 2 rings (SSSR count). The van der Waals surface area contributed by atoms with Crippen molar-refractivity contribution in [2.75, 3.05) is 27.2 Å². The van der Waals surface area contributed by atoms with E-state index in [0.29, 0.717) is 13.2 Å². The highest BCUT2D eigenvalue weighted by molar-refractivity contribution is 7.11. The summed E-state index contributed by atoms with van der Waals surface area (Å²) in [6.45, 7) is 6.18. The van der Waals surface area contributed by atoms with E-state index in [1.807, 2.05) is 25.4 Å². The van der Waals surface area contributed by atoms with Crippen LogP contribution in [0.2, 0.25) is 0 Å².